The maximum atomic E-state index is 12.1. The van der Waals surface area contributed by atoms with Crippen molar-refractivity contribution in [2.45, 2.75) is 63.9 Å². The first-order chi connectivity index (χ1) is 14.3. The Morgan fingerprint density at radius 2 is 1.62 bits per heavy atom. The van der Waals surface area contributed by atoms with E-state index < -0.39 is 6.10 Å². The van der Waals surface area contributed by atoms with Crippen molar-refractivity contribution in [2.75, 3.05) is 26.3 Å². The molecule has 0 bridgehead atoms. The Morgan fingerprint density at radius 1 is 0.966 bits per heavy atom. The second kappa shape index (κ2) is 14.7. The molecular weight excluding hydrogens is 362 g/mol. The largest absolute Gasteiger partial charge is 0.383 e. The van der Waals surface area contributed by atoms with Crippen LogP contribution in [0.25, 0.3) is 0 Å². The van der Waals surface area contributed by atoms with E-state index in [-0.39, 0.29) is 5.91 Å². The highest BCUT2D eigenvalue weighted by Gasteiger charge is 2.23. The Balaban J connectivity index is 1.41. The predicted molar refractivity (Wildman–Crippen MR) is 116 cm³/mol. The minimum absolute atomic E-state index is 0.136. The van der Waals surface area contributed by atoms with Gasteiger partial charge in [0.25, 0.3) is 5.91 Å². The van der Waals surface area contributed by atoms with E-state index >= 15 is 0 Å². The van der Waals surface area contributed by atoms with Crippen molar-refractivity contribution >= 4 is 5.91 Å². The summed E-state index contributed by atoms with van der Waals surface area (Å²) < 4.78 is 5.24. The quantitative estimate of drug-likeness (QED) is 0.485. The number of amides is 1. The summed E-state index contributed by atoms with van der Waals surface area (Å²) in [5.74, 6) is 11.8. The maximum Gasteiger partial charge on any atom is 0.251 e. The molecule has 0 radical (unpaired) electrons. The van der Waals surface area contributed by atoms with Crippen molar-refractivity contribution in [2.24, 2.45) is 0 Å². The van der Waals surface area contributed by atoms with Gasteiger partial charge in [0.15, 0.2) is 0 Å². The van der Waals surface area contributed by atoms with Crippen molar-refractivity contribution in [3.63, 3.8) is 0 Å². The lowest BCUT2D eigenvalue weighted by Crippen LogP contribution is -2.45. The van der Waals surface area contributed by atoms with Gasteiger partial charge in [-0.25, -0.2) is 0 Å². The average molecular weight is 396 g/mol. The smallest absolute Gasteiger partial charge is 0.251 e. The summed E-state index contributed by atoms with van der Waals surface area (Å²) >= 11 is 0. The normalized spacial score (nSPS) is 14.3. The van der Waals surface area contributed by atoms with E-state index in [0.29, 0.717) is 32.7 Å². The summed E-state index contributed by atoms with van der Waals surface area (Å²) in [6, 6.07) is 9.90. The Hall–Kier alpha value is -2.27. The fourth-order valence-electron chi connectivity index (χ4n) is 3.28. The molecule has 1 amide bonds. The number of hydrogen-bond donors (Lipinski definition) is 1. The van der Waals surface area contributed by atoms with E-state index in [0.717, 1.165) is 37.7 Å². The summed E-state index contributed by atoms with van der Waals surface area (Å²) in [4.78, 5) is 13.8. The van der Waals surface area contributed by atoms with Crippen LogP contribution >= 0.6 is 0 Å². The van der Waals surface area contributed by atoms with Crippen LogP contribution in [0.2, 0.25) is 0 Å². The van der Waals surface area contributed by atoms with E-state index in [9.17, 15) is 9.90 Å². The van der Waals surface area contributed by atoms with Gasteiger partial charge in [0.05, 0.1) is 13.2 Å². The number of aliphatic hydroxyl groups is 1. The number of rotatable bonds is 10. The fraction of sp³-hybridized carbons (Fsp3) is 0.560. The van der Waals surface area contributed by atoms with Crippen molar-refractivity contribution in [3.05, 3.63) is 35.9 Å². The van der Waals surface area contributed by atoms with Gasteiger partial charge >= 0.3 is 0 Å². The van der Waals surface area contributed by atoms with Crippen LogP contribution in [-0.2, 0) is 9.53 Å². The summed E-state index contributed by atoms with van der Waals surface area (Å²) in [5.41, 5.74) is 1.000. The Labute approximate surface area is 175 Å². The Morgan fingerprint density at radius 3 is 2.34 bits per heavy atom. The van der Waals surface area contributed by atoms with Gasteiger partial charge in [0.2, 0.25) is 0 Å². The van der Waals surface area contributed by atoms with E-state index in [4.69, 9.17) is 4.74 Å². The van der Waals surface area contributed by atoms with Crippen molar-refractivity contribution < 1.29 is 14.6 Å². The summed E-state index contributed by atoms with van der Waals surface area (Å²) in [5, 5.41) is 10.0. The molecule has 29 heavy (non-hydrogen) atoms. The van der Waals surface area contributed by atoms with Gasteiger partial charge in [0, 0.05) is 25.1 Å². The molecule has 1 aliphatic heterocycles. The summed E-state index contributed by atoms with van der Waals surface area (Å²) in [7, 11) is 0. The van der Waals surface area contributed by atoms with Crippen LogP contribution in [0.4, 0.5) is 0 Å². The SMILES string of the molecule is O=C(C(O)CCCCCCCCCC#CC#Cc1ccccc1)N1CCOCC1. The molecule has 1 heterocycles. The minimum Gasteiger partial charge on any atom is -0.383 e. The molecule has 1 N–H and O–H groups in total. The molecule has 4 heteroatoms. The molecule has 1 aliphatic rings. The third-order valence-corrected chi connectivity index (χ3v) is 5.02. The molecule has 1 saturated heterocycles. The lowest BCUT2D eigenvalue weighted by atomic mass is 10.0. The number of benzene rings is 1. The van der Waals surface area contributed by atoms with Gasteiger partial charge in [-0.3, -0.25) is 4.79 Å². The minimum atomic E-state index is -0.850. The highest BCUT2D eigenvalue weighted by atomic mass is 16.5. The average Bonchev–Trinajstić information content (AvgIpc) is 2.77. The predicted octanol–water partition coefficient (Wildman–Crippen LogP) is 3.77. The number of morpholine rings is 1. The van der Waals surface area contributed by atoms with Gasteiger partial charge in [0.1, 0.15) is 6.10 Å². The van der Waals surface area contributed by atoms with Crippen LogP contribution in [0.15, 0.2) is 30.3 Å². The zero-order valence-corrected chi connectivity index (χ0v) is 17.4. The van der Waals surface area contributed by atoms with E-state index in [1.807, 2.05) is 30.3 Å². The number of carbonyl (C=O) groups excluding carboxylic acids is 1. The van der Waals surface area contributed by atoms with Gasteiger partial charge in [-0.1, -0.05) is 68.6 Å². The standard InChI is InChI=1S/C25H33NO3/c27-24(25(28)26-19-21-29-22-20-26)18-14-9-7-5-3-1-2-4-6-8-11-15-23-16-12-10-13-17-23/h10,12-13,16-17,24,27H,1-5,7,9,14,18-22H2. The van der Waals surface area contributed by atoms with Crippen LogP contribution in [0, 0.1) is 23.7 Å². The van der Waals surface area contributed by atoms with Gasteiger partial charge in [-0.15, -0.1) is 0 Å². The number of ether oxygens (including phenoxy) is 1. The topological polar surface area (TPSA) is 49.8 Å². The van der Waals surface area contributed by atoms with Gasteiger partial charge in [-0.2, -0.15) is 0 Å². The van der Waals surface area contributed by atoms with Crippen LogP contribution in [0.1, 0.15) is 63.4 Å². The number of unbranched alkanes of at least 4 members (excludes halogenated alkanes) is 7. The molecule has 2 rings (SSSR count). The summed E-state index contributed by atoms with van der Waals surface area (Å²) in [6.45, 7) is 2.34. The van der Waals surface area contributed by atoms with Crippen LogP contribution in [0.3, 0.4) is 0 Å². The first-order valence-corrected chi connectivity index (χ1v) is 10.9. The molecule has 156 valence electrons. The Kier molecular flexibility index (Phi) is 11.7. The molecule has 0 spiro atoms. The van der Waals surface area contributed by atoms with Gasteiger partial charge < -0.3 is 14.7 Å². The number of carbonyl (C=O) groups is 1. The highest BCUT2D eigenvalue weighted by molar-refractivity contribution is 5.80. The third-order valence-electron chi connectivity index (χ3n) is 5.02. The van der Waals surface area contributed by atoms with E-state index in [2.05, 4.69) is 23.7 Å². The molecule has 1 atom stereocenters. The molecule has 0 aliphatic carbocycles. The molecule has 0 saturated carbocycles. The van der Waals surface area contributed by atoms with Gasteiger partial charge in [-0.05, 0) is 36.8 Å². The van der Waals surface area contributed by atoms with E-state index in [1.165, 1.54) is 19.3 Å². The fourth-order valence-corrected chi connectivity index (χ4v) is 3.28. The van der Waals surface area contributed by atoms with Crippen LogP contribution < -0.4 is 0 Å². The first kappa shape index (κ1) is 23.0. The number of aliphatic hydroxyl groups excluding tert-OH is 1. The van der Waals surface area contributed by atoms with Crippen molar-refractivity contribution in [3.8, 4) is 23.7 Å². The molecule has 1 fully saturated rings. The zero-order valence-electron chi connectivity index (χ0n) is 17.4. The Bertz CT molecular complexity index is 702. The third kappa shape index (κ3) is 10.2. The van der Waals surface area contributed by atoms with Crippen molar-refractivity contribution in [1.82, 2.24) is 4.90 Å². The second-order valence-electron chi connectivity index (χ2n) is 7.38. The molecule has 1 aromatic rings. The summed E-state index contributed by atoms with van der Waals surface area (Å²) in [6.07, 6.45) is 8.48. The monoisotopic (exact) mass is 395 g/mol. The zero-order chi connectivity index (χ0) is 20.6. The first-order valence-electron chi connectivity index (χ1n) is 10.9. The number of hydrogen-bond acceptors (Lipinski definition) is 3. The maximum absolute atomic E-state index is 12.1. The van der Waals surface area contributed by atoms with E-state index in [1.54, 1.807) is 4.90 Å². The molecule has 0 aromatic heterocycles. The molecular formula is C25H33NO3. The molecule has 1 unspecified atom stereocenters. The lowest BCUT2D eigenvalue weighted by Gasteiger charge is -2.28. The molecule has 4 nitrogen and oxygen atoms in total. The number of nitrogens with zero attached hydrogens (tertiary/aromatic N) is 1. The van der Waals surface area contributed by atoms with Crippen LogP contribution in [-0.4, -0.2) is 48.3 Å². The highest BCUT2D eigenvalue weighted by Crippen LogP contribution is 2.12. The lowest BCUT2D eigenvalue weighted by molar-refractivity contribution is -0.144. The second-order valence-corrected chi connectivity index (χ2v) is 7.38. The molecule has 1 aromatic carbocycles. The van der Waals surface area contributed by atoms with Crippen molar-refractivity contribution in [1.29, 1.82) is 0 Å². The van der Waals surface area contributed by atoms with Crippen LogP contribution in [0.5, 0.6) is 0 Å².